The number of Topliss-reactive ketones (excluding diaryl/α,β-unsaturated/α-hetero) is 1. The van der Waals surface area contributed by atoms with Crippen molar-refractivity contribution in [2.45, 2.75) is 51.6 Å². The van der Waals surface area contributed by atoms with Crippen LogP contribution in [0.25, 0.3) is 0 Å². The van der Waals surface area contributed by atoms with E-state index in [0.29, 0.717) is 42.2 Å². The molecule has 0 aromatic heterocycles. The second-order valence-corrected chi connectivity index (χ2v) is 10.4. The molecular weight excluding hydrogens is 502 g/mol. The lowest BCUT2D eigenvalue weighted by Gasteiger charge is -2.38. The highest BCUT2D eigenvalue weighted by molar-refractivity contribution is 6.12. The number of hydrogen-bond donors (Lipinski definition) is 0. The lowest BCUT2D eigenvalue weighted by molar-refractivity contribution is -0.140. The van der Waals surface area contributed by atoms with E-state index in [1.54, 1.807) is 7.11 Å². The summed E-state index contributed by atoms with van der Waals surface area (Å²) in [6.45, 7) is 4.58. The van der Waals surface area contributed by atoms with Crippen molar-refractivity contribution in [3.63, 3.8) is 0 Å². The highest BCUT2D eigenvalue weighted by atomic mass is 16.5. The molecule has 1 heterocycles. The molecule has 2 aliphatic rings. The van der Waals surface area contributed by atoms with Crippen molar-refractivity contribution in [1.82, 2.24) is 0 Å². The Bertz CT molecular complexity index is 1430. The molecule has 3 atom stereocenters. The number of nitrogens with zero attached hydrogens (tertiary/aromatic N) is 1. The Hall–Kier alpha value is -4.19. The van der Waals surface area contributed by atoms with Crippen LogP contribution in [0.1, 0.15) is 61.6 Å². The summed E-state index contributed by atoms with van der Waals surface area (Å²) in [6, 6.07) is 25.3. The van der Waals surface area contributed by atoms with Crippen molar-refractivity contribution in [2.24, 2.45) is 10.9 Å². The summed E-state index contributed by atoms with van der Waals surface area (Å²) in [6.07, 6.45) is 1.92. The van der Waals surface area contributed by atoms with E-state index in [1.165, 1.54) is 0 Å². The summed E-state index contributed by atoms with van der Waals surface area (Å²) in [5, 5.41) is 0. The molecule has 0 N–H and O–H groups in total. The molecule has 1 unspecified atom stereocenters. The molecule has 0 spiro atoms. The zero-order chi connectivity index (χ0) is 28.1. The third-order valence-electron chi connectivity index (χ3n) is 7.67. The van der Waals surface area contributed by atoms with Crippen molar-refractivity contribution in [2.75, 3.05) is 13.7 Å². The molecule has 1 fully saturated rings. The fourth-order valence-electron chi connectivity index (χ4n) is 5.77. The Morgan fingerprint density at radius 1 is 0.900 bits per heavy atom. The maximum atomic E-state index is 13.9. The van der Waals surface area contributed by atoms with E-state index in [9.17, 15) is 9.59 Å². The number of aliphatic imine (C=N–C) groups is 1. The van der Waals surface area contributed by atoms with Gasteiger partial charge in [-0.05, 0) is 54.5 Å². The second-order valence-electron chi connectivity index (χ2n) is 10.4. The molecule has 3 aromatic rings. The normalized spacial score (nSPS) is 20.4. The van der Waals surface area contributed by atoms with Crippen LogP contribution in [0.15, 0.2) is 95.1 Å². The summed E-state index contributed by atoms with van der Waals surface area (Å²) in [5.74, 6) is -0.208. The maximum absolute atomic E-state index is 13.9. The van der Waals surface area contributed by atoms with Crippen molar-refractivity contribution in [1.29, 1.82) is 0 Å². The average molecular weight is 538 g/mol. The van der Waals surface area contributed by atoms with Gasteiger partial charge in [0.2, 0.25) is 0 Å². The largest absolute Gasteiger partial charge is 0.493 e. The third kappa shape index (κ3) is 5.71. The number of ether oxygens (including phenoxy) is 3. The summed E-state index contributed by atoms with van der Waals surface area (Å²) in [5.41, 5.74) is 4.64. The van der Waals surface area contributed by atoms with Gasteiger partial charge in [0.15, 0.2) is 11.5 Å². The molecular formula is C34H35NO5. The minimum atomic E-state index is -0.546. The lowest BCUT2D eigenvalue weighted by atomic mass is 9.66. The van der Waals surface area contributed by atoms with E-state index in [0.717, 1.165) is 28.8 Å². The monoisotopic (exact) mass is 537 g/mol. The minimum absolute atomic E-state index is 0.0584. The zero-order valence-corrected chi connectivity index (χ0v) is 23.3. The van der Waals surface area contributed by atoms with Crippen LogP contribution in [0.4, 0.5) is 0 Å². The van der Waals surface area contributed by atoms with Crippen LogP contribution < -0.4 is 9.47 Å². The van der Waals surface area contributed by atoms with Gasteiger partial charge in [0.1, 0.15) is 12.4 Å². The van der Waals surface area contributed by atoms with E-state index in [4.69, 9.17) is 19.2 Å². The highest BCUT2D eigenvalue weighted by Gasteiger charge is 2.46. The summed E-state index contributed by atoms with van der Waals surface area (Å²) in [4.78, 5) is 32.5. The number of rotatable bonds is 9. The average Bonchev–Trinajstić information content (AvgIpc) is 2.99. The number of methoxy groups -OCH3 is 1. The fourth-order valence-corrected chi connectivity index (χ4v) is 5.77. The number of ketones is 1. The lowest BCUT2D eigenvalue weighted by Crippen LogP contribution is -2.41. The van der Waals surface area contributed by atoms with Crippen LogP contribution in [-0.4, -0.2) is 31.2 Å². The topological polar surface area (TPSA) is 74.2 Å². The van der Waals surface area contributed by atoms with Crippen molar-refractivity contribution in [3.8, 4) is 11.5 Å². The smallest absolute Gasteiger partial charge is 0.336 e. The molecule has 3 aromatic carbocycles. The number of fused-ring (bicyclic) bond motifs is 1. The fraction of sp³-hybridized carbons (Fsp3) is 0.324. The molecule has 6 nitrogen and oxygen atoms in total. The van der Waals surface area contributed by atoms with Gasteiger partial charge in [0.25, 0.3) is 0 Å². The molecule has 0 radical (unpaired) electrons. The Kier molecular flexibility index (Phi) is 8.44. The minimum Gasteiger partial charge on any atom is -0.493 e. The Labute approximate surface area is 235 Å². The quantitative estimate of drug-likeness (QED) is 0.281. The first kappa shape index (κ1) is 27.4. The molecule has 206 valence electrons. The van der Waals surface area contributed by atoms with Gasteiger partial charge in [0.05, 0.1) is 25.2 Å². The molecule has 1 aliphatic heterocycles. The predicted octanol–water partition coefficient (Wildman–Crippen LogP) is 6.80. The van der Waals surface area contributed by atoms with Gasteiger partial charge in [-0.25, -0.2) is 4.79 Å². The van der Waals surface area contributed by atoms with E-state index in [2.05, 4.69) is 12.1 Å². The van der Waals surface area contributed by atoms with Crippen LogP contribution >= 0.6 is 0 Å². The second kappa shape index (κ2) is 12.3. The standard InChI is InChI=1S/C34H35NO5/c1-4-17-39-29-16-15-25(20-30(29)38-3)32-31(34(37)40-21-23-11-7-5-8-12-23)22(2)35-27-18-26(19-28(36)33(27)32)24-13-9-6-10-14-24/h5-16,20,26,32-33H,4,17-19,21H2,1-3H3/t26-,32-,33?/m1/s1. The van der Waals surface area contributed by atoms with Gasteiger partial charge in [0, 0.05) is 23.7 Å². The molecule has 0 amide bonds. The van der Waals surface area contributed by atoms with E-state index in [-0.39, 0.29) is 18.3 Å². The van der Waals surface area contributed by atoms with Crippen molar-refractivity contribution < 1.29 is 23.8 Å². The first-order valence-electron chi connectivity index (χ1n) is 13.9. The number of esters is 1. The van der Waals surface area contributed by atoms with Crippen molar-refractivity contribution >= 4 is 17.5 Å². The number of carbonyl (C=O) groups excluding carboxylic acids is 2. The third-order valence-corrected chi connectivity index (χ3v) is 7.67. The number of allylic oxidation sites excluding steroid dienone is 1. The van der Waals surface area contributed by atoms with Crippen LogP contribution in [-0.2, 0) is 20.9 Å². The molecule has 5 rings (SSSR count). The first-order valence-corrected chi connectivity index (χ1v) is 13.9. The summed E-state index contributed by atoms with van der Waals surface area (Å²) >= 11 is 0. The van der Waals surface area contributed by atoms with Gasteiger partial charge in [-0.3, -0.25) is 9.79 Å². The zero-order valence-electron chi connectivity index (χ0n) is 23.3. The van der Waals surface area contributed by atoms with Gasteiger partial charge in [-0.15, -0.1) is 0 Å². The number of carbonyl (C=O) groups is 2. The predicted molar refractivity (Wildman–Crippen MR) is 155 cm³/mol. The van der Waals surface area contributed by atoms with Gasteiger partial charge in [-0.1, -0.05) is 73.7 Å². The Morgan fingerprint density at radius 2 is 1.62 bits per heavy atom. The summed E-state index contributed by atoms with van der Waals surface area (Å²) in [7, 11) is 1.60. The Morgan fingerprint density at radius 3 is 2.33 bits per heavy atom. The molecule has 0 saturated heterocycles. The first-order chi connectivity index (χ1) is 19.5. The van der Waals surface area contributed by atoms with Gasteiger partial charge < -0.3 is 14.2 Å². The van der Waals surface area contributed by atoms with Gasteiger partial charge >= 0.3 is 5.97 Å². The molecule has 6 heteroatoms. The highest BCUT2D eigenvalue weighted by Crippen LogP contribution is 2.47. The van der Waals surface area contributed by atoms with E-state index >= 15 is 0 Å². The van der Waals surface area contributed by atoms with E-state index < -0.39 is 17.8 Å². The molecule has 1 saturated carbocycles. The number of hydrogen-bond acceptors (Lipinski definition) is 6. The van der Waals surface area contributed by atoms with Crippen LogP contribution in [0.5, 0.6) is 11.5 Å². The van der Waals surface area contributed by atoms with Crippen LogP contribution in [0, 0.1) is 5.92 Å². The molecule has 40 heavy (non-hydrogen) atoms. The molecule has 1 aliphatic carbocycles. The van der Waals surface area contributed by atoms with Crippen LogP contribution in [0.2, 0.25) is 0 Å². The van der Waals surface area contributed by atoms with Crippen molar-refractivity contribution in [3.05, 3.63) is 107 Å². The maximum Gasteiger partial charge on any atom is 0.336 e. The van der Waals surface area contributed by atoms with Gasteiger partial charge in [-0.2, -0.15) is 0 Å². The summed E-state index contributed by atoms with van der Waals surface area (Å²) < 4.78 is 17.3. The van der Waals surface area contributed by atoms with Crippen LogP contribution in [0.3, 0.4) is 0 Å². The van der Waals surface area contributed by atoms with E-state index in [1.807, 2.05) is 80.6 Å². The number of benzene rings is 3. The SMILES string of the molecule is CCCOc1ccc([C@@H]2C(C(=O)OCc3ccccc3)=C(C)N=C3C[C@@H](c4ccccc4)CC(=O)C32)cc1OC. The Balaban J connectivity index is 1.54. The molecule has 0 bridgehead atoms.